The highest BCUT2D eigenvalue weighted by Crippen LogP contribution is 2.45. The lowest BCUT2D eigenvalue weighted by atomic mass is 9.70. The minimum absolute atomic E-state index is 0.0608. The minimum Gasteiger partial charge on any atom is -0.299 e. The van der Waals surface area contributed by atoms with Gasteiger partial charge in [0.15, 0.2) is 0 Å². The van der Waals surface area contributed by atoms with Crippen LogP contribution in [0.1, 0.15) is 44.6 Å². The van der Waals surface area contributed by atoms with Crippen molar-refractivity contribution in [2.75, 3.05) is 13.1 Å². The van der Waals surface area contributed by atoms with Crippen LogP contribution in [0, 0.1) is 11.8 Å². The molecule has 2 fully saturated rings. The Labute approximate surface area is 144 Å². The van der Waals surface area contributed by atoms with Crippen molar-refractivity contribution in [1.29, 1.82) is 0 Å². The summed E-state index contributed by atoms with van der Waals surface area (Å²) in [5, 5.41) is 0.765. The van der Waals surface area contributed by atoms with Gasteiger partial charge >= 0.3 is 0 Å². The van der Waals surface area contributed by atoms with Gasteiger partial charge in [0.25, 0.3) is 0 Å². The van der Waals surface area contributed by atoms with Gasteiger partial charge in [-0.05, 0) is 49.3 Å². The number of Topliss-reactive ketones (excluding diaryl/α,β-unsaturated/α-hetero) is 1. The number of halogens is 1. The van der Waals surface area contributed by atoms with Crippen LogP contribution in [0.2, 0.25) is 5.02 Å². The van der Waals surface area contributed by atoms with Crippen LogP contribution in [0.4, 0.5) is 0 Å². The molecule has 0 radical (unpaired) electrons. The molecule has 3 rings (SSSR count). The lowest BCUT2D eigenvalue weighted by Gasteiger charge is -2.48. The van der Waals surface area contributed by atoms with E-state index < -0.39 is 0 Å². The summed E-state index contributed by atoms with van der Waals surface area (Å²) >= 11 is 6.10. The molecule has 0 N–H and O–H groups in total. The van der Waals surface area contributed by atoms with Crippen LogP contribution >= 0.6 is 11.6 Å². The third-order valence-electron chi connectivity index (χ3n) is 5.49. The molecule has 1 aromatic rings. The zero-order valence-electron chi connectivity index (χ0n) is 13.9. The largest absolute Gasteiger partial charge is 0.299 e. The van der Waals surface area contributed by atoms with E-state index in [4.69, 9.17) is 11.6 Å². The standard InChI is InChI=1S/C20H26ClNO/c1-3-12-22(14-16-4-5-16)20(11-10-19(23)15(2)13-20)17-6-8-18(21)9-7-17/h3,6-9,15-16H,1,4-5,10-14H2,2H3. The van der Waals surface area contributed by atoms with Gasteiger partial charge in [-0.1, -0.05) is 36.7 Å². The van der Waals surface area contributed by atoms with Crippen molar-refractivity contribution in [3.8, 4) is 0 Å². The van der Waals surface area contributed by atoms with Gasteiger partial charge in [-0.15, -0.1) is 6.58 Å². The molecule has 2 atom stereocenters. The van der Waals surface area contributed by atoms with Crippen molar-refractivity contribution in [3.05, 3.63) is 47.5 Å². The van der Waals surface area contributed by atoms with Crippen molar-refractivity contribution >= 4 is 17.4 Å². The van der Waals surface area contributed by atoms with Gasteiger partial charge < -0.3 is 0 Å². The van der Waals surface area contributed by atoms with Gasteiger partial charge in [0, 0.05) is 36.0 Å². The number of hydrogen-bond acceptors (Lipinski definition) is 2. The Bertz CT molecular complexity index is 578. The maximum atomic E-state index is 12.1. The fourth-order valence-corrected chi connectivity index (χ4v) is 4.11. The fraction of sp³-hybridized carbons (Fsp3) is 0.550. The Kier molecular flexibility index (Phi) is 4.93. The average Bonchev–Trinajstić information content (AvgIpc) is 3.35. The predicted molar refractivity (Wildman–Crippen MR) is 95.6 cm³/mol. The van der Waals surface area contributed by atoms with Crippen LogP contribution in [0.5, 0.6) is 0 Å². The molecule has 23 heavy (non-hydrogen) atoms. The summed E-state index contributed by atoms with van der Waals surface area (Å²) in [5.74, 6) is 1.33. The van der Waals surface area contributed by atoms with Gasteiger partial charge in [0.1, 0.15) is 5.78 Å². The molecule has 1 aromatic carbocycles. The first-order valence-corrected chi connectivity index (χ1v) is 9.07. The van der Waals surface area contributed by atoms with Crippen LogP contribution in [0.15, 0.2) is 36.9 Å². The summed E-state index contributed by atoms with van der Waals surface area (Å²) in [4.78, 5) is 14.7. The van der Waals surface area contributed by atoms with Crippen LogP contribution in [-0.2, 0) is 10.3 Å². The second-order valence-electron chi connectivity index (χ2n) is 7.25. The highest BCUT2D eigenvalue weighted by molar-refractivity contribution is 6.30. The van der Waals surface area contributed by atoms with E-state index in [1.165, 1.54) is 18.4 Å². The summed E-state index contributed by atoms with van der Waals surface area (Å²) in [6.45, 7) is 8.03. The first-order valence-electron chi connectivity index (χ1n) is 8.70. The first kappa shape index (κ1) is 16.7. The van der Waals surface area contributed by atoms with Crippen molar-refractivity contribution in [1.82, 2.24) is 4.90 Å². The molecular formula is C20H26ClNO. The van der Waals surface area contributed by atoms with E-state index in [0.29, 0.717) is 12.2 Å². The zero-order valence-corrected chi connectivity index (χ0v) is 14.7. The van der Waals surface area contributed by atoms with E-state index in [9.17, 15) is 4.79 Å². The molecule has 2 unspecified atom stereocenters. The SMILES string of the molecule is C=CCN(CC1CC1)C1(c2ccc(Cl)cc2)CCC(=O)C(C)C1. The molecule has 2 aliphatic rings. The maximum Gasteiger partial charge on any atom is 0.135 e. The number of rotatable bonds is 6. The van der Waals surface area contributed by atoms with E-state index in [2.05, 4.69) is 30.5 Å². The topological polar surface area (TPSA) is 20.3 Å². The summed E-state index contributed by atoms with van der Waals surface area (Å²) in [5.41, 5.74) is 1.23. The summed E-state index contributed by atoms with van der Waals surface area (Å²) in [6, 6.07) is 8.24. The molecule has 0 aliphatic heterocycles. The predicted octanol–water partition coefficient (Wildman–Crippen LogP) is 4.82. The van der Waals surface area contributed by atoms with Crippen molar-refractivity contribution in [2.45, 2.75) is 44.6 Å². The summed E-state index contributed by atoms with van der Waals surface area (Å²) in [7, 11) is 0. The Morgan fingerprint density at radius 3 is 2.61 bits per heavy atom. The zero-order chi connectivity index (χ0) is 16.4. The monoisotopic (exact) mass is 331 g/mol. The summed E-state index contributed by atoms with van der Waals surface area (Å²) < 4.78 is 0. The molecular weight excluding hydrogens is 306 g/mol. The molecule has 0 spiro atoms. The second kappa shape index (κ2) is 6.78. The van der Waals surface area contributed by atoms with Gasteiger partial charge in [-0.2, -0.15) is 0 Å². The van der Waals surface area contributed by atoms with E-state index in [1.54, 1.807) is 0 Å². The maximum absolute atomic E-state index is 12.1. The molecule has 0 bridgehead atoms. The third kappa shape index (κ3) is 3.54. The number of carbonyl (C=O) groups is 1. The average molecular weight is 332 g/mol. The molecule has 124 valence electrons. The summed E-state index contributed by atoms with van der Waals surface area (Å²) in [6.07, 6.45) is 7.13. The number of benzene rings is 1. The molecule has 0 amide bonds. The van der Waals surface area contributed by atoms with Crippen LogP contribution < -0.4 is 0 Å². The van der Waals surface area contributed by atoms with Crippen molar-refractivity contribution in [2.24, 2.45) is 11.8 Å². The Balaban J connectivity index is 1.98. The fourth-order valence-electron chi connectivity index (χ4n) is 3.98. The number of nitrogens with zero attached hydrogens (tertiary/aromatic N) is 1. The lowest BCUT2D eigenvalue weighted by Crippen LogP contribution is -2.51. The molecule has 0 saturated heterocycles. The number of ketones is 1. The van der Waals surface area contributed by atoms with E-state index >= 15 is 0 Å². The molecule has 3 heteroatoms. The Morgan fingerprint density at radius 2 is 2.04 bits per heavy atom. The highest BCUT2D eigenvalue weighted by atomic mass is 35.5. The Morgan fingerprint density at radius 1 is 1.35 bits per heavy atom. The molecule has 2 nitrogen and oxygen atoms in total. The van der Waals surface area contributed by atoms with E-state index in [1.807, 2.05) is 18.2 Å². The van der Waals surface area contributed by atoms with Crippen LogP contribution in [0.25, 0.3) is 0 Å². The van der Waals surface area contributed by atoms with E-state index in [-0.39, 0.29) is 11.5 Å². The van der Waals surface area contributed by atoms with Crippen LogP contribution in [-0.4, -0.2) is 23.8 Å². The smallest absolute Gasteiger partial charge is 0.135 e. The molecule has 2 saturated carbocycles. The van der Waals surface area contributed by atoms with Crippen LogP contribution in [0.3, 0.4) is 0 Å². The van der Waals surface area contributed by atoms with Gasteiger partial charge in [0.05, 0.1) is 0 Å². The molecule has 2 aliphatic carbocycles. The third-order valence-corrected chi connectivity index (χ3v) is 5.74. The Hall–Kier alpha value is -1.12. The quantitative estimate of drug-likeness (QED) is 0.696. The normalized spacial score (nSPS) is 28.1. The molecule has 0 heterocycles. The minimum atomic E-state index is -0.0608. The highest BCUT2D eigenvalue weighted by Gasteiger charge is 2.45. The van der Waals surface area contributed by atoms with Crippen molar-refractivity contribution < 1.29 is 4.79 Å². The van der Waals surface area contributed by atoms with Crippen molar-refractivity contribution in [3.63, 3.8) is 0 Å². The number of carbonyl (C=O) groups excluding carboxylic acids is 1. The van der Waals surface area contributed by atoms with Gasteiger partial charge in [0.2, 0.25) is 0 Å². The number of hydrogen-bond donors (Lipinski definition) is 0. The van der Waals surface area contributed by atoms with E-state index in [0.717, 1.165) is 36.9 Å². The second-order valence-corrected chi connectivity index (χ2v) is 7.68. The first-order chi connectivity index (χ1) is 11.0. The lowest BCUT2D eigenvalue weighted by molar-refractivity contribution is -0.128. The van der Waals surface area contributed by atoms with Gasteiger partial charge in [-0.3, -0.25) is 9.69 Å². The molecule has 0 aromatic heterocycles. The van der Waals surface area contributed by atoms with Gasteiger partial charge in [-0.25, -0.2) is 0 Å².